The van der Waals surface area contributed by atoms with Crippen molar-refractivity contribution in [2.45, 2.75) is 26.4 Å². The molecule has 0 atom stereocenters. The molecule has 1 heterocycles. The predicted octanol–water partition coefficient (Wildman–Crippen LogP) is 4.59. The summed E-state index contributed by atoms with van der Waals surface area (Å²) in [6, 6.07) is 13.5. The summed E-state index contributed by atoms with van der Waals surface area (Å²) in [7, 11) is 1.61. The number of fused-ring (bicyclic) bond motifs is 3. The number of methoxy groups -OCH3 is 1. The Labute approximate surface area is 129 Å². The van der Waals surface area contributed by atoms with Crippen LogP contribution < -0.4 is 4.74 Å². The number of nitrogens with zero attached hydrogens (tertiary/aromatic N) is 1. The second-order valence-corrected chi connectivity index (χ2v) is 6.22. The van der Waals surface area contributed by atoms with Gasteiger partial charge in [0.05, 0.1) is 18.1 Å². The van der Waals surface area contributed by atoms with E-state index in [1.165, 1.54) is 0 Å². The van der Waals surface area contributed by atoms with Crippen LogP contribution in [-0.2, 0) is 4.74 Å². The van der Waals surface area contributed by atoms with E-state index in [1.54, 1.807) is 11.7 Å². The monoisotopic (exact) mass is 297 g/mol. The average Bonchev–Trinajstić information content (AvgIpc) is 2.78. The topological polar surface area (TPSA) is 40.5 Å². The SMILES string of the molecule is COc1ccc2c3ccccc3n(C(=O)OC(C)(C)C)c2c1. The quantitative estimate of drug-likeness (QED) is 0.659. The minimum absolute atomic E-state index is 0.382. The smallest absolute Gasteiger partial charge is 0.419 e. The summed E-state index contributed by atoms with van der Waals surface area (Å²) in [5, 5.41) is 2.02. The van der Waals surface area contributed by atoms with E-state index in [0.717, 1.165) is 21.8 Å². The standard InChI is InChI=1S/C18H19NO3/c1-18(2,3)22-17(20)19-15-8-6-5-7-13(15)14-10-9-12(21-4)11-16(14)19/h5-11H,1-4H3. The number of carbonyl (C=O) groups is 1. The summed E-state index contributed by atoms with van der Waals surface area (Å²) in [4.78, 5) is 12.6. The highest BCUT2D eigenvalue weighted by Gasteiger charge is 2.22. The van der Waals surface area contributed by atoms with Gasteiger partial charge >= 0.3 is 6.09 Å². The Kier molecular flexibility index (Phi) is 3.32. The van der Waals surface area contributed by atoms with Crippen LogP contribution in [0.25, 0.3) is 21.8 Å². The van der Waals surface area contributed by atoms with Gasteiger partial charge in [-0.3, -0.25) is 0 Å². The third-order valence-electron chi connectivity index (χ3n) is 3.46. The minimum atomic E-state index is -0.548. The van der Waals surface area contributed by atoms with Crippen molar-refractivity contribution in [3.8, 4) is 5.75 Å². The molecule has 0 spiro atoms. The number of carbonyl (C=O) groups excluding carboxylic acids is 1. The number of benzene rings is 2. The number of hydrogen-bond donors (Lipinski definition) is 0. The molecule has 2 aromatic carbocycles. The Morgan fingerprint density at radius 3 is 2.36 bits per heavy atom. The molecule has 0 aliphatic carbocycles. The fourth-order valence-corrected chi connectivity index (χ4v) is 2.58. The number of hydrogen-bond acceptors (Lipinski definition) is 3. The normalized spacial score (nSPS) is 11.8. The van der Waals surface area contributed by atoms with Crippen LogP contribution in [0.2, 0.25) is 0 Å². The molecule has 3 rings (SSSR count). The van der Waals surface area contributed by atoms with Gasteiger partial charge in [0.15, 0.2) is 0 Å². The molecule has 0 fully saturated rings. The van der Waals surface area contributed by atoms with Gasteiger partial charge in [0.1, 0.15) is 11.4 Å². The van der Waals surface area contributed by atoms with Crippen molar-refractivity contribution in [3.05, 3.63) is 42.5 Å². The van der Waals surface area contributed by atoms with Crippen LogP contribution in [-0.4, -0.2) is 23.4 Å². The molecule has 1 aromatic heterocycles. The van der Waals surface area contributed by atoms with Crippen molar-refractivity contribution >= 4 is 27.9 Å². The lowest BCUT2D eigenvalue weighted by atomic mass is 10.1. The van der Waals surface area contributed by atoms with Gasteiger partial charge in [-0.15, -0.1) is 0 Å². The van der Waals surface area contributed by atoms with Crippen LogP contribution in [0.4, 0.5) is 4.79 Å². The van der Waals surface area contributed by atoms with Gasteiger partial charge in [-0.2, -0.15) is 0 Å². The van der Waals surface area contributed by atoms with Gasteiger partial charge in [-0.1, -0.05) is 18.2 Å². The first-order valence-corrected chi connectivity index (χ1v) is 7.21. The van der Waals surface area contributed by atoms with Crippen LogP contribution in [0.3, 0.4) is 0 Å². The highest BCUT2D eigenvalue weighted by Crippen LogP contribution is 2.32. The second kappa shape index (κ2) is 5.05. The second-order valence-electron chi connectivity index (χ2n) is 6.22. The molecule has 0 amide bonds. The summed E-state index contributed by atoms with van der Waals surface area (Å²) in [6.45, 7) is 5.58. The highest BCUT2D eigenvalue weighted by molar-refractivity contribution is 6.12. The van der Waals surface area contributed by atoms with Gasteiger partial charge in [0, 0.05) is 16.8 Å². The number of aromatic nitrogens is 1. The van der Waals surface area contributed by atoms with Crippen molar-refractivity contribution in [2.24, 2.45) is 0 Å². The minimum Gasteiger partial charge on any atom is -0.497 e. The predicted molar refractivity (Wildman–Crippen MR) is 87.6 cm³/mol. The summed E-state index contributed by atoms with van der Waals surface area (Å²) in [5.41, 5.74) is 1.07. The molecule has 0 saturated heterocycles. The fraction of sp³-hybridized carbons (Fsp3) is 0.278. The zero-order valence-corrected chi connectivity index (χ0v) is 13.2. The maximum Gasteiger partial charge on any atom is 0.419 e. The molecule has 0 radical (unpaired) electrons. The van der Waals surface area contributed by atoms with Gasteiger partial charge in [0.2, 0.25) is 0 Å². The van der Waals surface area contributed by atoms with Crippen LogP contribution >= 0.6 is 0 Å². The number of ether oxygens (including phenoxy) is 2. The van der Waals surface area contributed by atoms with Gasteiger partial charge in [0.25, 0.3) is 0 Å². The fourth-order valence-electron chi connectivity index (χ4n) is 2.58. The Morgan fingerprint density at radius 1 is 1.00 bits per heavy atom. The maximum atomic E-state index is 12.6. The van der Waals surface area contributed by atoms with E-state index < -0.39 is 5.60 Å². The molecule has 0 aliphatic heterocycles. The molecule has 114 valence electrons. The molecule has 4 heteroatoms. The Morgan fingerprint density at radius 2 is 1.68 bits per heavy atom. The zero-order valence-electron chi connectivity index (χ0n) is 13.2. The van der Waals surface area contributed by atoms with Gasteiger partial charge < -0.3 is 9.47 Å². The van der Waals surface area contributed by atoms with Crippen molar-refractivity contribution in [3.63, 3.8) is 0 Å². The molecule has 3 aromatic rings. The first-order chi connectivity index (χ1) is 10.4. The van der Waals surface area contributed by atoms with Crippen molar-refractivity contribution < 1.29 is 14.3 Å². The first kappa shape index (κ1) is 14.4. The lowest BCUT2D eigenvalue weighted by molar-refractivity contribution is 0.0551. The Bertz CT molecular complexity index is 856. The summed E-state index contributed by atoms with van der Waals surface area (Å²) in [6.07, 6.45) is -0.382. The zero-order chi connectivity index (χ0) is 15.9. The lowest BCUT2D eigenvalue weighted by Gasteiger charge is -2.20. The van der Waals surface area contributed by atoms with E-state index in [0.29, 0.717) is 5.75 Å². The first-order valence-electron chi connectivity index (χ1n) is 7.21. The van der Waals surface area contributed by atoms with E-state index >= 15 is 0 Å². The van der Waals surface area contributed by atoms with Crippen molar-refractivity contribution in [1.82, 2.24) is 4.57 Å². The molecular weight excluding hydrogens is 278 g/mol. The number of rotatable bonds is 1. The largest absolute Gasteiger partial charge is 0.497 e. The van der Waals surface area contributed by atoms with E-state index in [1.807, 2.05) is 63.2 Å². The molecular formula is C18H19NO3. The van der Waals surface area contributed by atoms with E-state index in [9.17, 15) is 4.79 Å². The van der Waals surface area contributed by atoms with Crippen LogP contribution in [0, 0.1) is 0 Å². The molecule has 0 bridgehead atoms. The van der Waals surface area contributed by atoms with E-state index in [4.69, 9.17) is 9.47 Å². The molecule has 0 saturated carbocycles. The van der Waals surface area contributed by atoms with Crippen molar-refractivity contribution in [1.29, 1.82) is 0 Å². The van der Waals surface area contributed by atoms with Crippen LogP contribution in [0.1, 0.15) is 20.8 Å². The molecule has 0 aliphatic rings. The maximum absolute atomic E-state index is 12.6. The third-order valence-corrected chi connectivity index (χ3v) is 3.46. The summed E-state index contributed by atoms with van der Waals surface area (Å²) in [5.74, 6) is 0.708. The molecule has 0 N–H and O–H groups in total. The molecule has 0 unspecified atom stereocenters. The molecule has 4 nitrogen and oxygen atoms in total. The van der Waals surface area contributed by atoms with Crippen LogP contribution in [0.15, 0.2) is 42.5 Å². The summed E-state index contributed by atoms with van der Waals surface area (Å²) >= 11 is 0. The Hall–Kier alpha value is -2.49. The number of para-hydroxylation sites is 1. The van der Waals surface area contributed by atoms with Crippen LogP contribution in [0.5, 0.6) is 5.75 Å². The van der Waals surface area contributed by atoms with Crippen molar-refractivity contribution in [2.75, 3.05) is 7.11 Å². The van der Waals surface area contributed by atoms with Gasteiger partial charge in [-0.25, -0.2) is 9.36 Å². The highest BCUT2D eigenvalue weighted by atomic mass is 16.6. The molecule has 22 heavy (non-hydrogen) atoms. The Balaban J connectivity index is 2.31. The lowest BCUT2D eigenvalue weighted by Crippen LogP contribution is -2.27. The summed E-state index contributed by atoms with van der Waals surface area (Å²) < 4.78 is 12.5. The third kappa shape index (κ3) is 2.41. The van der Waals surface area contributed by atoms with E-state index in [-0.39, 0.29) is 6.09 Å². The van der Waals surface area contributed by atoms with Gasteiger partial charge in [-0.05, 0) is 39.0 Å². The average molecular weight is 297 g/mol. The van der Waals surface area contributed by atoms with E-state index in [2.05, 4.69) is 0 Å².